The summed E-state index contributed by atoms with van der Waals surface area (Å²) in [7, 11) is 1.64. The number of urea groups is 1. The molecule has 4 aliphatic carbocycles. The molecule has 30 heavy (non-hydrogen) atoms. The molecule has 2 atom stereocenters. The van der Waals surface area contributed by atoms with E-state index in [-0.39, 0.29) is 23.5 Å². The lowest BCUT2D eigenvalue weighted by Crippen LogP contribution is -2.62. The molecule has 4 aliphatic rings. The van der Waals surface area contributed by atoms with Gasteiger partial charge in [-0.25, -0.2) is 4.79 Å². The van der Waals surface area contributed by atoms with Gasteiger partial charge in [-0.15, -0.1) is 0 Å². The van der Waals surface area contributed by atoms with E-state index in [0.717, 1.165) is 54.7 Å². The smallest absolute Gasteiger partial charge is 0.321 e. The number of nitrogens with one attached hydrogen (secondary N) is 3. The van der Waals surface area contributed by atoms with Gasteiger partial charge in [0.25, 0.3) is 0 Å². The van der Waals surface area contributed by atoms with Gasteiger partial charge in [0.15, 0.2) is 0 Å². The Morgan fingerprint density at radius 2 is 1.63 bits per heavy atom. The molecule has 6 heteroatoms. The molecule has 4 bridgehead atoms. The van der Waals surface area contributed by atoms with Crippen LogP contribution >= 0.6 is 0 Å². The molecule has 3 amide bonds. The summed E-state index contributed by atoms with van der Waals surface area (Å²) in [6, 6.07) is 7.07. The van der Waals surface area contributed by atoms with Crippen LogP contribution in [0.5, 0.6) is 5.75 Å². The maximum absolute atomic E-state index is 12.7. The van der Waals surface area contributed by atoms with Gasteiger partial charge in [0.05, 0.1) is 13.2 Å². The minimum atomic E-state index is -0.473. The van der Waals surface area contributed by atoms with Crippen molar-refractivity contribution in [1.29, 1.82) is 0 Å². The van der Waals surface area contributed by atoms with Crippen LogP contribution in [0.1, 0.15) is 70.4 Å². The lowest BCUT2D eigenvalue weighted by molar-refractivity contribution is -0.121. The van der Waals surface area contributed by atoms with Gasteiger partial charge in [-0.1, -0.05) is 19.1 Å². The Morgan fingerprint density at radius 1 is 1.07 bits per heavy atom. The molecule has 1 aromatic carbocycles. The highest BCUT2D eigenvalue weighted by Gasteiger charge is 2.51. The van der Waals surface area contributed by atoms with Gasteiger partial charge in [0, 0.05) is 11.6 Å². The van der Waals surface area contributed by atoms with Crippen LogP contribution in [-0.4, -0.2) is 30.6 Å². The first-order valence-corrected chi connectivity index (χ1v) is 11.4. The summed E-state index contributed by atoms with van der Waals surface area (Å²) in [4.78, 5) is 25.3. The predicted octanol–water partition coefficient (Wildman–Crippen LogP) is 3.92. The number of carbonyl (C=O) groups excluding carboxylic acids is 2. The average Bonchev–Trinajstić information content (AvgIpc) is 2.70. The van der Waals surface area contributed by atoms with E-state index in [1.54, 1.807) is 14.0 Å². The van der Waals surface area contributed by atoms with Gasteiger partial charge in [0.2, 0.25) is 5.91 Å². The normalized spacial score (nSPS) is 31.1. The summed E-state index contributed by atoms with van der Waals surface area (Å²) in [5.74, 6) is 2.78. The number of imide groups is 1. The molecule has 0 aromatic heterocycles. The molecule has 3 N–H and O–H groups in total. The summed E-state index contributed by atoms with van der Waals surface area (Å²) >= 11 is 0. The van der Waals surface area contributed by atoms with Crippen molar-refractivity contribution in [2.45, 2.75) is 76.4 Å². The molecule has 4 fully saturated rings. The van der Waals surface area contributed by atoms with Gasteiger partial charge in [-0.2, -0.15) is 0 Å². The van der Waals surface area contributed by atoms with Crippen LogP contribution in [0.4, 0.5) is 4.79 Å². The lowest BCUT2D eigenvalue weighted by atomic mass is 9.53. The Kier molecular flexibility index (Phi) is 6.05. The van der Waals surface area contributed by atoms with E-state index >= 15 is 0 Å². The fourth-order valence-corrected chi connectivity index (χ4v) is 6.42. The average molecular weight is 414 g/mol. The second kappa shape index (κ2) is 8.58. The molecular formula is C24H35N3O3. The van der Waals surface area contributed by atoms with Crippen LogP contribution in [0.15, 0.2) is 24.3 Å². The van der Waals surface area contributed by atoms with Crippen molar-refractivity contribution in [2.75, 3.05) is 7.11 Å². The summed E-state index contributed by atoms with van der Waals surface area (Å²) in [6.07, 6.45) is 8.03. The number of methoxy groups -OCH3 is 1. The Morgan fingerprint density at radius 3 is 2.13 bits per heavy atom. The highest BCUT2D eigenvalue weighted by atomic mass is 16.5. The fraction of sp³-hybridized carbons (Fsp3) is 0.667. The number of hydrogen-bond donors (Lipinski definition) is 3. The van der Waals surface area contributed by atoms with Gasteiger partial charge in [-0.3, -0.25) is 15.4 Å². The highest BCUT2D eigenvalue weighted by Crippen LogP contribution is 2.55. The maximum atomic E-state index is 12.7. The first kappa shape index (κ1) is 21.2. The summed E-state index contributed by atoms with van der Waals surface area (Å²) in [5, 5.41) is 9.14. The number of hydrogen-bond acceptors (Lipinski definition) is 4. The summed E-state index contributed by atoms with van der Waals surface area (Å²) in [6.45, 7) is 3.88. The number of benzene rings is 1. The van der Waals surface area contributed by atoms with Crippen LogP contribution < -0.4 is 20.7 Å². The highest BCUT2D eigenvalue weighted by molar-refractivity contribution is 5.97. The van der Waals surface area contributed by atoms with Crippen molar-refractivity contribution in [2.24, 2.45) is 17.8 Å². The molecule has 0 spiro atoms. The van der Waals surface area contributed by atoms with Crippen molar-refractivity contribution in [3.05, 3.63) is 29.8 Å². The topological polar surface area (TPSA) is 79.5 Å². The predicted molar refractivity (Wildman–Crippen MR) is 116 cm³/mol. The Labute approximate surface area is 179 Å². The minimum Gasteiger partial charge on any atom is -0.497 e. The van der Waals surface area contributed by atoms with Gasteiger partial charge in [-0.05, 0) is 87.3 Å². The van der Waals surface area contributed by atoms with E-state index in [4.69, 9.17) is 4.74 Å². The van der Waals surface area contributed by atoms with Gasteiger partial charge >= 0.3 is 6.03 Å². The number of carbonyl (C=O) groups is 2. The van der Waals surface area contributed by atoms with Crippen molar-refractivity contribution < 1.29 is 14.3 Å². The van der Waals surface area contributed by atoms with Crippen LogP contribution in [0, 0.1) is 17.8 Å². The molecule has 0 saturated heterocycles. The first-order valence-electron chi connectivity index (χ1n) is 11.4. The largest absolute Gasteiger partial charge is 0.497 e. The number of amides is 3. The first-order chi connectivity index (χ1) is 14.4. The Bertz CT molecular complexity index is 741. The summed E-state index contributed by atoms with van der Waals surface area (Å²) < 4.78 is 5.22. The van der Waals surface area contributed by atoms with Gasteiger partial charge in [0.1, 0.15) is 5.75 Å². The molecule has 164 valence electrons. The zero-order chi connectivity index (χ0) is 21.3. The fourth-order valence-electron chi connectivity index (χ4n) is 6.42. The zero-order valence-electron chi connectivity index (χ0n) is 18.4. The standard InChI is InChI=1S/C24H35N3O3/c1-4-21(19-5-7-20(30-3)8-6-19)25-15(2)22(28)26-23(29)27-24-12-16-9-17(13-24)11-18(10-16)14-24/h5-8,15-18,21,25H,4,9-14H2,1-3H3,(H2,26,27,28,29)/t15-,16?,17?,18?,21-,24?/m0/s1. The second-order valence-electron chi connectivity index (χ2n) is 9.76. The molecule has 0 aliphatic heterocycles. The van der Waals surface area contributed by atoms with Crippen LogP contribution in [0.2, 0.25) is 0 Å². The molecule has 0 unspecified atom stereocenters. The van der Waals surface area contributed by atoms with E-state index in [9.17, 15) is 9.59 Å². The monoisotopic (exact) mass is 413 g/mol. The van der Waals surface area contributed by atoms with Crippen LogP contribution in [0.25, 0.3) is 0 Å². The van der Waals surface area contributed by atoms with Crippen molar-refractivity contribution in [3.8, 4) is 5.75 Å². The molecule has 0 radical (unpaired) electrons. The van der Waals surface area contributed by atoms with Gasteiger partial charge < -0.3 is 10.1 Å². The van der Waals surface area contributed by atoms with Crippen molar-refractivity contribution in [1.82, 2.24) is 16.0 Å². The maximum Gasteiger partial charge on any atom is 0.321 e. The molecule has 6 nitrogen and oxygen atoms in total. The number of rotatable bonds is 7. The summed E-state index contributed by atoms with van der Waals surface area (Å²) in [5.41, 5.74) is 1.00. The third-order valence-electron chi connectivity index (χ3n) is 7.42. The zero-order valence-corrected chi connectivity index (χ0v) is 18.4. The quantitative estimate of drug-likeness (QED) is 0.633. The molecule has 0 heterocycles. The van der Waals surface area contributed by atoms with E-state index in [1.807, 2.05) is 24.3 Å². The third-order valence-corrected chi connectivity index (χ3v) is 7.42. The molecule has 1 aromatic rings. The van der Waals surface area contributed by atoms with E-state index < -0.39 is 6.04 Å². The number of ether oxygens (including phenoxy) is 1. The minimum absolute atomic E-state index is 0.0304. The SMILES string of the molecule is CC[C@H](N[C@@H](C)C(=O)NC(=O)NC12CC3CC(CC(C3)C1)C2)c1ccc(OC)cc1. The Hall–Kier alpha value is -2.08. The second-order valence-corrected chi connectivity index (χ2v) is 9.76. The van der Waals surface area contributed by atoms with E-state index in [1.165, 1.54) is 19.3 Å². The molecule has 5 rings (SSSR count). The molecular weight excluding hydrogens is 378 g/mol. The van der Waals surface area contributed by atoms with Crippen LogP contribution in [-0.2, 0) is 4.79 Å². The van der Waals surface area contributed by atoms with Crippen molar-refractivity contribution in [3.63, 3.8) is 0 Å². The molecule has 4 saturated carbocycles. The lowest BCUT2D eigenvalue weighted by Gasteiger charge is -2.56. The van der Waals surface area contributed by atoms with E-state index in [2.05, 4.69) is 22.9 Å². The Balaban J connectivity index is 1.31. The van der Waals surface area contributed by atoms with Crippen molar-refractivity contribution >= 4 is 11.9 Å². The van der Waals surface area contributed by atoms with Crippen LogP contribution in [0.3, 0.4) is 0 Å². The van der Waals surface area contributed by atoms with E-state index in [0.29, 0.717) is 0 Å². The third kappa shape index (κ3) is 4.48.